The lowest BCUT2D eigenvalue weighted by Gasteiger charge is -2.34. The predicted molar refractivity (Wildman–Crippen MR) is 111 cm³/mol. The van der Waals surface area contributed by atoms with Crippen molar-refractivity contribution < 1.29 is 0 Å². The Labute approximate surface area is 155 Å². The lowest BCUT2D eigenvalue weighted by molar-refractivity contribution is 0.140. The molecular weight excluding hydrogens is 304 g/mol. The first-order chi connectivity index (χ1) is 12.2. The maximum atomic E-state index is 3.69. The molecule has 0 fully saturated rings. The predicted octanol–water partition coefficient (Wildman–Crippen LogP) is 5.29. The van der Waals surface area contributed by atoms with Gasteiger partial charge in [-0.05, 0) is 70.2 Å². The fourth-order valence-corrected chi connectivity index (χ4v) is 3.81. The highest BCUT2D eigenvalue weighted by atomic mass is 15.2. The molecule has 0 aliphatic heterocycles. The fraction of sp³-hybridized carbons (Fsp3) is 0.652. The third-order valence-electron chi connectivity index (χ3n) is 5.71. The Morgan fingerprint density at radius 3 is 2.64 bits per heavy atom. The standard InChI is InChI=1S/C23H38N2/c1-5-7-16-25(19(3)6-2)20(4)14-15-24-18-21-12-13-22-10-8-9-11-23(22)17-21/h8-11,17,19-20,24H,5-7,12-16,18H2,1-4H3. The Balaban J connectivity index is 1.75. The van der Waals surface area contributed by atoms with E-state index in [2.05, 4.69) is 68.3 Å². The quantitative estimate of drug-likeness (QED) is 0.550. The molecule has 1 aromatic rings. The molecule has 0 radical (unpaired) electrons. The van der Waals surface area contributed by atoms with Crippen LogP contribution in [-0.2, 0) is 6.42 Å². The van der Waals surface area contributed by atoms with Crippen LogP contribution in [-0.4, -0.2) is 36.6 Å². The summed E-state index contributed by atoms with van der Waals surface area (Å²) >= 11 is 0. The van der Waals surface area contributed by atoms with Crippen LogP contribution in [0.3, 0.4) is 0 Å². The van der Waals surface area contributed by atoms with Gasteiger partial charge in [-0.15, -0.1) is 0 Å². The third-order valence-corrected chi connectivity index (χ3v) is 5.71. The fourth-order valence-electron chi connectivity index (χ4n) is 3.81. The van der Waals surface area contributed by atoms with Crippen LogP contribution < -0.4 is 5.32 Å². The number of nitrogens with zero attached hydrogens (tertiary/aromatic N) is 1. The Morgan fingerprint density at radius 1 is 1.08 bits per heavy atom. The lowest BCUT2D eigenvalue weighted by atomic mass is 9.92. The number of aryl methyl sites for hydroxylation is 1. The summed E-state index contributed by atoms with van der Waals surface area (Å²) in [7, 11) is 0. The Morgan fingerprint density at radius 2 is 1.88 bits per heavy atom. The molecule has 1 aliphatic rings. The number of hydrogen-bond donors (Lipinski definition) is 1. The summed E-state index contributed by atoms with van der Waals surface area (Å²) in [4.78, 5) is 2.71. The number of hydrogen-bond acceptors (Lipinski definition) is 2. The molecule has 1 N–H and O–H groups in total. The second kappa shape index (κ2) is 10.8. The normalized spacial score (nSPS) is 16.4. The summed E-state index contributed by atoms with van der Waals surface area (Å²) in [5, 5.41) is 3.69. The minimum Gasteiger partial charge on any atom is -0.313 e. The Bertz CT molecular complexity index is 535. The van der Waals surface area contributed by atoms with E-state index in [1.807, 2.05) is 0 Å². The summed E-state index contributed by atoms with van der Waals surface area (Å²) in [6, 6.07) is 10.2. The van der Waals surface area contributed by atoms with Gasteiger partial charge < -0.3 is 5.32 Å². The van der Waals surface area contributed by atoms with Crippen molar-refractivity contribution in [3.63, 3.8) is 0 Å². The Kier molecular flexibility index (Phi) is 8.71. The summed E-state index contributed by atoms with van der Waals surface area (Å²) in [6.07, 6.45) is 9.86. The monoisotopic (exact) mass is 342 g/mol. The second-order valence-electron chi connectivity index (χ2n) is 7.66. The van der Waals surface area contributed by atoms with Crippen LogP contribution in [0, 0.1) is 0 Å². The lowest BCUT2D eigenvalue weighted by Crippen LogP contribution is -2.42. The molecule has 1 aromatic carbocycles. The van der Waals surface area contributed by atoms with Crippen LogP contribution in [0.15, 0.2) is 29.8 Å². The molecule has 140 valence electrons. The molecule has 2 nitrogen and oxygen atoms in total. The maximum Gasteiger partial charge on any atom is 0.0168 e. The van der Waals surface area contributed by atoms with Gasteiger partial charge in [0.1, 0.15) is 0 Å². The molecule has 2 rings (SSSR count). The number of unbranched alkanes of at least 4 members (excludes halogenated alkanes) is 1. The molecule has 2 unspecified atom stereocenters. The van der Waals surface area contributed by atoms with Crippen LogP contribution in [0.25, 0.3) is 6.08 Å². The van der Waals surface area contributed by atoms with E-state index >= 15 is 0 Å². The van der Waals surface area contributed by atoms with Crippen LogP contribution >= 0.6 is 0 Å². The molecule has 1 aliphatic carbocycles. The molecule has 2 heteroatoms. The van der Waals surface area contributed by atoms with Crippen molar-refractivity contribution in [2.45, 2.75) is 78.3 Å². The van der Waals surface area contributed by atoms with E-state index in [1.54, 1.807) is 5.57 Å². The minimum absolute atomic E-state index is 0.662. The number of benzene rings is 1. The molecule has 0 heterocycles. The zero-order valence-corrected chi connectivity index (χ0v) is 16.9. The van der Waals surface area contributed by atoms with Gasteiger partial charge in [0.25, 0.3) is 0 Å². The van der Waals surface area contributed by atoms with E-state index in [0.29, 0.717) is 12.1 Å². The molecule has 0 saturated heterocycles. The maximum absolute atomic E-state index is 3.69. The van der Waals surface area contributed by atoms with E-state index in [4.69, 9.17) is 0 Å². The first kappa shape index (κ1) is 20.2. The van der Waals surface area contributed by atoms with Gasteiger partial charge in [0.05, 0.1) is 0 Å². The minimum atomic E-state index is 0.662. The van der Waals surface area contributed by atoms with Crippen molar-refractivity contribution in [1.29, 1.82) is 0 Å². The van der Waals surface area contributed by atoms with Crippen LogP contribution in [0.4, 0.5) is 0 Å². The van der Waals surface area contributed by atoms with Gasteiger partial charge in [0.2, 0.25) is 0 Å². The van der Waals surface area contributed by atoms with E-state index in [1.165, 1.54) is 56.2 Å². The molecule has 2 atom stereocenters. The zero-order valence-electron chi connectivity index (χ0n) is 16.9. The van der Waals surface area contributed by atoms with Crippen LogP contribution in [0.2, 0.25) is 0 Å². The average molecular weight is 343 g/mol. The average Bonchev–Trinajstić information content (AvgIpc) is 2.65. The SMILES string of the molecule is CCCCN(C(C)CC)C(C)CCNCC1=Cc2ccccc2CC1. The first-order valence-electron chi connectivity index (χ1n) is 10.4. The summed E-state index contributed by atoms with van der Waals surface area (Å²) < 4.78 is 0. The van der Waals surface area contributed by atoms with Crippen LogP contribution in [0.1, 0.15) is 70.9 Å². The Hall–Kier alpha value is -1.12. The van der Waals surface area contributed by atoms with Crippen molar-refractivity contribution in [1.82, 2.24) is 10.2 Å². The van der Waals surface area contributed by atoms with Crippen molar-refractivity contribution in [3.8, 4) is 0 Å². The zero-order chi connectivity index (χ0) is 18.1. The van der Waals surface area contributed by atoms with Crippen molar-refractivity contribution in [3.05, 3.63) is 41.0 Å². The first-order valence-corrected chi connectivity index (χ1v) is 10.4. The number of fused-ring (bicyclic) bond motifs is 1. The molecule has 0 aromatic heterocycles. The molecule has 0 amide bonds. The molecular formula is C23H38N2. The van der Waals surface area contributed by atoms with Crippen molar-refractivity contribution in [2.75, 3.05) is 19.6 Å². The van der Waals surface area contributed by atoms with Gasteiger partial charge in [-0.2, -0.15) is 0 Å². The van der Waals surface area contributed by atoms with E-state index in [9.17, 15) is 0 Å². The van der Waals surface area contributed by atoms with E-state index in [-0.39, 0.29) is 0 Å². The molecule has 25 heavy (non-hydrogen) atoms. The third kappa shape index (κ3) is 6.27. The van der Waals surface area contributed by atoms with E-state index in [0.717, 1.165) is 13.1 Å². The van der Waals surface area contributed by atoms with Gasteiger partial charge in [0.15, 0.2) is 0 Å². The number of nitrogens with one attached hydrogen (secondary N) is 1. The largest absolute Gasteiger partial charge is 0.313 e. The number of rotatable bonds is 11. The van der Waals surface area contributed by atoms with Gasteiger partial charge in [-0.25, -0.2) is 0 Å². The highest BCUT2D eigenvalue weighted by Gasteiger charge is 2.18. The van der Waals surface area contributed by atoms with Gasteiger partial charge in [0, 0.05) is 18.6 Å². The van der Waals surface area contributed by atoms with Gasteiger partial charge in [-0.3, -0.25) is 4.90 Å². The van der Waals surface area contributed by atoms with Crippen molar-refractivity contribution in [2.24, 2.45) is 0 Å². The van der Waals surface area contributed by atoms with E-state index < -0.39 is 0 Å². The van der Waals surface area contributed by atoms with Gasteiger partial charge >= 0.3 is 0 Å². The summed E-state index contributed by atoms with van der Waals surface area (Å²) in [5.74, 6) is 0. The smallest absolute Gasteiger partial charge is 0.0168 e. The van der Waals surface area contributed by atoms with Crippen molar-refractivity contribution >= 4 is 6.08 Å². The van der Waals surface area contributed by atoms with Gasteiger partial charge in [-0.1, -0.05) is 56.2 Å². The molecule has 0 saturated carbocycles. The topological polar surface area (TPSA) is 15.3 Å². The second-order valence-corrected chi connectivity index (χ2v) is 7.66. The van der Waals surface area contributed by atoms with Crippen LogP contribution in [0.5, 0.6) is 0 Å². The summed E-state index contributed by atoms with van der Waals surface area (Å²) in [5.41, 5.74) is 4.47. The molecule has 0 bridgehead atoms. The molecule has 0 spiro atoms. The highest BCUT2D eigenvalue weighted by Crippen LogP contribution is 2.23. The summed E-state index contributed by atoms with van der Waals surface area (Å²) in [6.45, 7) is 12.8. The highest BCUT2D eigenvalue weighted by molar-refractivity contribution is 5.59.